The summed E-state index contributed by atoms with van der Waals surface area (Å²) < 4.78 is 10.5. The molecule has 0 saturated carbocycles. The van der Waals surface area contributed by atoms with Gasteiger partial charge in [-0.3, -0.25) is 0 Å². The summed E-state index contributed by atoms with van der Waals surface area (Å²) >= 11 is 0. The van der Waals surface area contributed by atoms with Crippen LogP contribution in [0.4, 0.5) is 0 Å². The Bertz CT molecular complexity index is 446. The quantitative estimate of drug-likeness (QED) is 0.828. The Kier molecular flexibility index (Phi) is 3.57. The predicted octanol–water partition coefficient (Wildman–Crippen LogP) is 1.69. The van der Waals surface area contributed by atoms with E-state index in [0.717, 1.165) is 17.7 Å². The minimum Gasteiger partial charge on any atom is -0.497 e. The largest absolute Gasteiger partial charge is 0.497 e. The van der Waals surface area contributed by atoms with Gasteiger partial charge in [-0.2, -0.15) is 0 Å². The van der Waals surface area contributed by atoms with Crippen LogP contribution in [-0.2, 0) is 15.1 Å². The van der Waals surface area contributed by atoms with Gasteiger partial charge in [0.15, 0.2) is 0 Å². The van der Waals surface area contributed by atoms with E-state index in [1.165, 1.54) is 0 Å². The van der Waals surface area contributed by atoms with E-state index in [9.17, 15) is 4.79 Å². The summed E-state index contributed by atoms with van der Waals surface area (Å²) in [6, 6.07) is 7.57. The fourth-order valence-corrected chi connectivity index (χ4v) is 2.48. The zero-order valence-corrected chi connectivity index (χ0v) is 11.0. The number of rotatable bonds is 3. The smallest absolute Gasteiger partial charge is 0.331 e. The topological polar surface area (TPSA) is 47.6 Å². The maximum absolute atomic E-state index is 12.2. The van der Waals surface area contributed by atoms with Gasteiger partial charge < -0.3 is 14.8 Å². The number of hydrogen-bond acceptors (Lipinski definition) is 4. The van der Waals surface area contributed by atoms with Gasteiger partial charge in [-0.25, -0.2) is 4.79 Å². The number of benzene rings is 1. The normalized spacial score (nSPS) is 27.7. The first-order valence-electron chi connectivity index (χ1n) is 6.13. The molecule has 1 saturated heterocycles. The van der Waals surface area contributed by atoms with Crippen molar-refractivity contribution in [2.75, 3.05) is 20.8 Å². The second-order valence-electron chi connectivity index (χ2n) is 4.80. The fraction of sp³-hybridized carbons (Fsp3) is 0.500. The number of methoxy groups -OCH3 is 1. The van der Waals surface area contributed by atoms with Gasteiger partial charge in [0.2, 0.25) is 0 Å². The van der Waals surface area contributed by atoms with E-state index in [-0.39, 0.29) is 5.97 Å². The maximum atomic E-state index is 12.2. The van der Waals surface area contributed by atoms with Crippen molar-refractivity contribution in [1.29, 1.82) is 0 Å². The lowest BCUT2D eigenvalue weighted by molar-refractivity contribution is -0.160. The van der Waals surface area contributed by atoms with Crippen molar-refractivity contribution in [3.8, 4) is 5.75 Å². The van der Waals surface area contributed by atoms with Gasteiger partial charge in [-0.05, 0) is 37.1 Å². The number of hydrogen-bond donors (Lipinski definition) is 1. The van der Waals surface area contributed by atoms with Crippen molar-refractivity contribution >= 4 is 5.97 Å². The minimum atomic E-state index is -0.758. The molecule has 0 amide bonds. The molecule has 1 aromatic rings. The summed E-state index contributed by atoms with van der Waals surface area (Å²) in [5.41, 5.74) is 0.132. The Morgan fingerprint density at radius 1 is 1.50 bits per heavy atom. The molecule has 0 aliphatic carbocycles. The molecule has 1 fully saturated rings. The van der Waals surface area contributed by atoms with Crippen molar-refractivity contribution in [3.05, 3.63) is 29.8 Å². The Morgan fingerprint density at radius 2 is 2.28 bits per heavy atom. The summed E-state index contributed by atoms with van der Waals surface area (Å²) in [5, 5.41) is 3.14. The Hall–Kier alpha value is -1.55. The summed E-state index contributed by atoms with van der Waals surface area (Å²) in [6.07, 6.45) is 0.732. The van der Waals surface area contributed by atoms with Crippen molar-refractivity contribution in [2.24, 2.45) is 5.92 Å². The van der Waals surface area contributed by atoms with Crippen molar-refractivity contribution in [1.82, 2.24) is 5.32 Å². The van der Waals surface area contributed by atoms with Crippen LogP contribution in [0.25, 0.3) is 0 Å². The summed E-state index contributed by atoms with van der Waals surface area (Å²) in [4.78, 5) is 12.2. The average molecular weight is 249 g/mol. The molecule has 1 heterocycles. The first-order valence-corrected chi connectivity index (χ1v) is 6.13. The number of carbonyl (C=O) groups excluding carboxylic acids is 1. The van der Waals surface area contributed by atoms with Gasteiger partial charge in [-0.15, -0.1) is 0 Å². The average Bonchev–Trinajstić information content (AvgIpc) is 2.41. The molecule has 0 radical (unpaired) electrons. The van der Waals surface area contributed by atoms with Crippen LogP contribution in [0.1, 0.15) is 18.9 Å². The van der Waals surface area contributed by atoms with E-state index >= 15 is 0 Å². The maximum Gasteiger partial charge on any atom is 0.331 e. The van der Waals surface area contributed by atoms with E-state index in [0.29, 0.717) is 12.5 Å². The molecular formula is C14H19NO3. The van der Waals surface area contributed by atoms with Gasteiger partial charge in [0, 0.05) is 0 Å². The Morgan fingerprint density at radius 3 is 2.94 bits per heavy atom. The van der Waals surface area contributed by atoms with Crippen molar-refractivity contribution < 1.29 is 14.3 Å². The summed E-state index contributed by atoms with van der Waals surface area (Å²) in [5.74, 6) is 0.867. The Balaban J connectivity index is 2.44. The van der Waals surface area contributed by atoms with Crippen LogP contribution >= 0.6 is 0 Å². The number of ether oxygens (including phenoxy) is 2. The highest BCUT2D eigenvalue weighted by atomic mass is 16.5. The molecule has 98 valence electrons. The molecule has 1 aliphatic rings. The lowest BCUT2D eigenvalue weighted by Crippen LogP contribution is -2.53. The van der Waals surface area contributed by atoms with E-state index in [1.54, 1.807) is 14.2 Å². The van der Waals surface area contributed by atoms with E-state index < -0.39 is 5.54 Å². The molecule has 4 nitrogen and oxygen atoms in total. The molecule has 2 rings (SSSR count). The zero-order chi connectivity index (χ0) is 13.2. The van der Waals surface area contributed by atoms with Gasteiger partial charge in [0.1, 0.15) is 11.3 Å². The zero-order valence-electron chi connectivity index (χ0n) is 11.0. The molecule has 1 aromatic carbocycles. The number of cyclic esters (lactones) is 1. The SMILES string of the molecule is CN[C@@]1(c2cccc(OC)c2)C[C@H](C)COC1=O. The number of carbonyl (C=O) groups is 1. The van der Waals surface area contributed by atoms with Crippen LogP contribution in [0.5, 0.6) is 5.75 Å². The predicted molar refractivity (Wildman–Crippen MR) is 68.5 cm³/mol. The van der Waals surface area contributed by atoms with Crippen molar-refractivity contribution in [2.45, 2.75) is 18.9 Å². The summed E-state index contributed by atoms with van der Waals surface area (Å²) in [6.45, 7) is 2.57. The van der Waals surface area contributed by atoms with Crippen LogP contribution in [0.3, 0.4) is 0 Å². The summed E-state index contributed by atoms with van der Waals surface area (Å²) in [7, 11) is 3.41. The van der Waals surface area contributed by atoms with Gasteiger partial charge in [0.25, 0.3) is 0 Å². The van der Waals surface area contributed by atoms with Gasteiger partial charge >= 0.3 is 5.97 Å². The van der Waals surface area contributed by atoms with Crippen LogP contribution < -0.4 is 10.1 Å². The molecule has 4 heteroatoms. The number of esters is 1. The molecule has 0 bridgehead atoms. The highest BCUT2D eigenvalue weighted by molar-refractivity contribution is 5.83. The van der Waals surface area contributed by atoms with Gasteiger partial charge in [0.05, 0.1) is 13.7 Å². The Labute approximate surface area is 107 Å². The minimum absolute atomic E-state index is 0.212. The lowest BCUT2D eigenvalue weighted by atomic mass is 9.80. The second kappa shape index (κ2) is 4.98. The van der Waals surface area contributed by atoms with Crippen molar-refractivity contribution in [3.63, 3.8) is 0 Å². The fourth-order valence-electron chi connectivity index (χ4n) is 2.48. The first kappa shape index (κ1) is 12.9. The monoisotopic (exact) mass is 249 g/mol. The van der Waals surface area contributed by atoms with E-state index in [2.05, 4.69) is 12.2 Å². The third kappa shape index (κ3) is 2.08. The molecule has 1 aliphatic heterocycles. The van der Waals surface area contributed by atoms with E-state index in [1.807, 2.05) is 24.3 Å². The second-order valence-corrected chi connectivity index (χ2v) is 4.80. The van der Waals surface area contributed by atoms with Gasteiger partial charge in [-0.1, -0.05) is 19.1 Å². The molecule has 18 heavy (non-hydrogen) atoms. The standard InChI is InChI=1S/C14H19NO3/c1-10-8-14(15-2,13(16)18-9-10)11-5-4-6-12(7-11)17-3/h4-7,10,15H,8-9H2,1-3H3/t10-,14+/m0/s1. The third-order valence-electron chi connectivity index (χ3n) is 3.49. The van der Waals surface area contributed by atoms with E-state index in [4.69, 9.17) is 9.47 Å². The molecular weight excluding hydrogens is 230 g/mol. The molecule has 0 aromatic heterocycles. The van der Waals surface area contributed by atoms with Crippen LogP contribution in [0.15, 0.2) is 24.3 Å². The van der Waals surface area contributed by atoms with Crippen LogP contribution in [0.2, 0.25) is 0 Å². The highest BCUT2D eigenvalue weighted by Gasteiger charge is 2.45. The van der Waals surface area contributed by atoms with Crippen LogP contribution in [-0.4, -0.2) is 26.7 Å². The molecule has 1 N–H and O–H groups in total. The van der Waals surface area contributed by atoms with Crippen LogP contribution in [0, 0.1) is 5.92 Å². The third-order valence-corrected chi connectivity index (χ3v) is 3.49. The number of nitrogens with one attached hydrogen (secondary N) is 1. The number of likely N-dealkylation sites (N-methyl/N-ethyl adjacent to an activating group) is 1. The lowest BCUT2D eigenvalue weighted by Gasteiger charge is -2.38. The molecule has 0 unspecified atom stereocenters. The highest BCUT2D eigenvalue weighted by Crippen LogP contribution is 2.35. The molecule has 2 atom stereocenters. The first-order chi connectivity index (χ1) is 8.62. The molecule has 0 spiro atoms.